The second-order valence-corrected chi connectivity index (χ2v) is 14.3. The highest BCUT2D eigenvalue weighted by molar-refractivity contribution is 9.10. The molecule has 3 fully saturated rings. The molecule has 3 atom stereocenters. The van der Waals surface area contributed by atoms with Crippen LogP contribution in [0.4, 0.5) is 0 Å². The number of rotatable bonds is 20. The predicted molar refractivity (Wildman–Crippen MR) is 184 cm³/mol. The molecule has 3 aliphatic carbocycles. The molecule has 0 saturated heterocycles. The van der Waals surface area contributed by atoms with Crippen molar-refractivity contribution in [1.29, 1.82) is 0 Å². The van der Waals surface area contributed by atoms with E-state index < -0.39 is 0 Å². The van der Waals surface area contributed by atoms with Crippen LogP contribution >= 0.6 is 31.9 Å². The van der Waals surface area contributed by atoms with Gasteiger partial charge in [-0.3, -0.25) is 4.90 Å². The lowest BCUT2D eigenvalue weighted by atomic mass is 9.45. The van der Waals surface area contributed by atoms with E-state index in [-0.39, 0.29) is 0 Å². The van der Waals surface area contributed by atoms with Crippen LogP contribution in [-0.2, 0) is 27.4 Å². The zero-order chi connectivity index (χ0) is 32.4. The smallest absolute Gasteiger partial charge is 0.161 e. The van der Waals surface area contributed by atoms with Crippen LogP contribution in [0.2, 0.25) is 0 Å². The Bertz CT molecular complexity index is 1220. The van der Waals surface area contributed by atoms with Crippen molar-refractivity contribution >= 4 is 31.9 Å². The molecule has 3 saturated carbocycles. The van der Waals surface area contributed by atoms with Crippen LogP contribution < -0.4 is 18.9 Å². The molecule has 5 rings (SSSR count). The Morgan fingerprint density at radius 3 is 1.80 bits per heavy atom. The fourth-order valence-electron chi connectivity index (χ4n) is 6.97. The van der Waals surface area contributed by atoms with Crippen LogP contribution in [0, 0.1) is 23.2 Å². The highest BCUT2D eigenvalue weighted by Crippen LogP contribution is 2.62. The summed E-state index contributed by atoms with van der Waals surface area (Å²) in [4.78, 5) is 2.37. The van der Waals surface area contributed by atoms with Gasteiger partial charge in [0.15, 0.2) is 23.0 Å². The second kappa shape index (κ2) is 17.6. The molecule has 0 N–H and O–H groups in total. The maximum Gasteiger partial charge on any atom is 0.161 e. The number of halogens is 2. The zero-order valence-corrected chi connectivity index (χ0v) is 31.0. The van der Waals surface area contributed by atoms with Gasteiger partial charge in [-0.05, 0) is 84.2 Å². The Morgan fingerprint density at radius 2 is 1.22 bits per heavy atom. The van der Waals surface area contributed by atoms with Crippen molar-refractivity contribution in [3.05, 3.63) is 44.3 Å². The van der Waals surface area contributed by atoms with E-state index in [9.17, 15) is 0 Å². The summed E-state index contributed by atoms with van der Waals surface area (Å²) in [5.74, 6) is 5.40. The van der Waals surface area contributed by atoms with Gasteiger partial charge in [0, 0.05) is 35.2 Å². The van der Waals surface area contributed by atoms with E-state index in [1.165, 1.54) is 25.7 Å². The van der Waals surface area contributed by atoms with E-state index in [2.05, 4.69) is 50.6 Å². The third-order valence-electron chi connectivity index (χ3n) is 9.87. The molecule has 45 heavy (non-hydrogen) atoms. The van der Waals surface area contributed by atoms with E-state index in [1.807, 2.05) is 24.3 Å². The number of hydrogen-bond acceptors (Lipinski definition) is 8. The predicted octanol–water partition coefficient (Wildman–Crippen LogP) is 7.76. The first kappa shape index (κ1) is 36.3. The summed E-state index contributed by atoms with van der Waals surface area (Å²) < 4.78 is 41.8. The molecular formula is C35H51Br2NO7. The first-order valence-corrected chi connectivity index (χ1v) is 17.6. The van der Waals surface area contributed by atoms with Crippen molar-refractivity contribution in [3.8, 4) is 23.0 Å². The summed E-state index contributed by atoms with van der Waals surface area (Å²) in [5.41, 5.74) is 2.64. The monoisotopic (exact) mass is 755 g/mol. The molecule has 2 aromatic rings. The Balaban J connectivity index is 1.23. The summed E-state index contributed by atoms with van der Waals surface area (Å²) >= 11 is 7.32. The Hall–Kier alpha value is -1.56. The SMILES string of the molecule is COc1cc(Br)c(COCCOCCN(CCOCCC2CCC3CC2C3(C)C)Cc2cc(OC)c(OC)cc2Br)cc1OC. The first-order chi connectivity index (χ1) is 21.7. The molecule has 252 valence electrons. The number of hydrogen-bond donors (Lipinski definition) is 0. The van der Waals surface area contributed by atoms with Crippen molar-refractivity contribution < 1.29 is 33.2 Å². The van der Waals surface area contributed by atoms with Crippen molar-refractivity contribution in [2.24, 2.45) is 23.2 Å². The fourth-order valence-corrected chi connectivity index (χ4v) is 7.85. The Labute approximate surface area is 286 Å². The summed E-state index contributed by atoms with van der Waals surface area (Å²) in [6, 6.07) is 7.81. The van der Waals surface area contributed by atoms with Crippen molar-refractivity contribution in [2.45, 2.75) is 52.7 Å². The third kappa shape index (κ3) is 9.51. The summed E-state index contributed by atoms with van der Waals surface area (Å²) in [6.07, 6.45) is 5.35. The van der Waals surface area contributed by atoms with Crippen LogP contribution in [0.3, 0.4) is 0 Å². The van der Waals surface area contributed by atoms with Crippen LogP contribution in [0.25, 0.3) is 0 Å². The lowest BCUT2D eigenvalue weighted by molar-refractivity contribution is -0.111. The molecule has 3 unspecified atom stereocenters. The van der Waals surface area contributed by atoms with Crippen LogP contribution in [-0.4, -0.2) is 79.5 Å². The molecule has 3 aliphatic rings. The van der Waals surface area contributed by atoms with E-state index in [0.29, 0.717) is 55.7 Å². The van der Waals surface area contributed by atoms with Crippen LogP contribution in [0.5, 0.6) is 23.0 Å². The highest BCUT2D eigenvalue weighted by atomic mass is 79.9. The van der Waals surface area contributed by atoms with E-state index in [1.54, 1.807) is 28.4 Å². The quantitative estimate of drug-likeness (QED) is 0.127. The Kier molecular flexibility index (Phi) is 14.1. The van der Waals surface area contributed by atoms with Gasteiger partial charge in [-0.15, -0.1) is 0 Å². The van der Waals surface area contributed by atoms with E-state index >= 15 is 0 Å². The maximum absolute atomic E-state index is 6.21. The molecule has 0 radical (unpaired) electrons. The van der Waals surface area contributed by atoms with Gasteiger partial charge in [-0.2, -0.15) is 0 Å². The summed E-state index contributed by atoms with van der Waals surface area (Å²) in [6.45, 7) is 10.8. The molecule has 2 aromatic carbocycles. The number of benzene rings is 2. The highest BCUT2D eigenvalue weighted by Gasteiger charge is 2.53. The molecule has 0 aromatic heterocycles. The fraction of sp³-hybridized carbons (Fsp3) is 0.657. The Morgan fingerprint density at radius 1 is 0.689 bits per heavy atom. The molecule has 2 bridgehead atoms. The molecular weight excluding hydrogens is 706 g/mol. The normalized spacial score (nSPS) is 20.2. The van der Waals surface area contributed by atoms with Crippen LogP contribution in [0.1, 0.15) is 50.7 Å². The number of nitrogens with zero attached hydrogens (tertiary/aromatic N) is 1. The van der Waals surface area contributed by atoms with Gasteiger partial charge in [-0.25, -0.2) is 0 Å². The first-order valence-electron chi connectivity index (χ1n) is 16.0. The zero-order valence-electron chi connectivity index (χ0n) is 27.8. The van der Waals surface area contributed by atoms with Crippen LogP contribution in [0.15, 0.2) is 33.2 Å². The average Bonchev–Trinajstić information content (AvgIpc) is 3.04. The lowest BCUT2D eigenvalue weighted by Crippen LogP contribution is -2.52. The lowest BCUT2D eigenvalue weighted by Gasteiger charge is -2.60. The molecule has 0 spiro atoms. The van der Waals surface area contributed by atoms with Gasteiger partial charge in [0.1, 0.15) is 0 Å². The third-order valence-corrected chi connectivity index (χ3v) is 11.3. The maximum atomic E-state index is 6.21. The van der Waals surface area contributed by atoms with Gasteiger partial charge in [0.05, 0.1) is 61.5 Å². The molecule has 0 heterocycles. The van der Waals surface area contributed by atoms with Gasteiger partial charge >= 0.3 is 0 Å². The van der Waals surface area contributed by atoms with Gasteiger partial charge in [-0.1, -0.05) is 45.7 Å². The van der Waals surface area contributed by atoms with E-state index in [4.69, 9.17) is 33.2 Å². The van der Waals surface area contributed by atoms with Gasteiger partial charge < -0.3 is 33.2 Å². The van der Waals surface area contributed by atoms with Gasteiger partial charge in [0.25, 0.3) is 0 Å². The minimum atomic E-state index is 0.445. The average molecular weight is 758 g/mol. The summed E-state index contributed by atoms with van der Waals surface area (Å²) in [7, 11) is 6.57. The molecule has 10 heteroatoms. The molecule has 0 aliphatic heterocycles. The number of ether oxygens (including phenoxy) is 7. The number of methoxy groups -OCH3 is 4. The standard InChI is InChI=1S/C35H51Br2NO7/c1-35(2)27-8-7-24(28(35)19-27)9-12-43-13-10-38(22-25-17-31(39-3)33(41-5)20-29(25)36)11-14-44-15-16-45-23-26-18-32(40-4)34(42-6)21-30(26)37/h17-18,20-21,24,27-28H,7-16,19,22-23H2,1-6H3. The summed E-state index contributed by atoms with van der Waals surface area (Å²) in [5, 5.41) is 0. The van der Waals surface area contributed by atoms with Crippen molar-refractivity contribution in [1.82, 2.24) is 4.90 Å². The van der Waals surface area contributed by atoms with E-state index in [0.717, 1.165) is 69.8 Å². The minimum absolute atomic E-state index is 0.445. The van der Waals surface area contributed by atoms with Crippen molar-refractivity contribution in [2.75, 3.05) is 74.6 Å². The van der Waals surface area contributed by atoms with Gasteiger partial charge in [0.2, 0.25) is 0 Å². The topological polar surface area (TPSA) is 67.9 Å². The molecule has 0 amide bonds. The molecule has 8 nitrogen and oxygen atoms in total. The second-order valence-electron chi connectivity index (χ2n) is 12.6. The minimum Gasteiger partial charge on any atom is -0.493 e. The number of fused-ring (bicyclic) bond motifs is 2. The largest absolute Gasteiger partial charge is 0.493 e. The van der Waals surface area contributed by atoms with Crippen molar-refractivity contribution in [3.63, 3.8) is 0 Å².